The molecule has 2 fully saturated rings. The summed E-state index contributed by atoms with van der Waals surface area (Å²) in [5.74, 6) is -4.16. The van der Waals surface area contributed by atoms with Gasteiger partial charge in [0.15, 0.2) is 11.6 Å². The topological polar surface area (TPSA) is 111 Å². The van der Waals surface area contributed by atoms with Gasteiger partial charge in [0.2, 0.25) is 0 Å². The normalized spacial score (nSPS) is 24.5. The van der Waals surface area contributed by atoms with Gasteiger partial charge in [-0.15, -0.1) is 0 Å². The number of carbonyl (C=O) groups is 3. The summed E-state index contributed by atoms with van der Waals surface area (Å²) in [7, 11) is 1.28. The lowest BCUT2D eigenvalue weighted by Gasteiger charge is -2.37. The Morgan fingerprint density at radius 2 is 1.76 bits per heavy atom. The molecule has 0 spiro atoms. The number of carboxylic acid groups (broad SMARTS) is 1. The molecule has 0 unspecified atom stereocenters. The molecule has 9 nitrogen and oxygen atoms in total. The summed E-state index contributed by atoms with van der Waals surface area (Å²) in [6, 6.07) is 4.53. The minimum absolute atomic E-state index is 0.104. The van der Waals surface area contributed by atoms with Crippen LogP contribution >= 0.6 is 0 Å². The molecular weight excluding hydrogens is 603 g/mol. The van der Waals surface area contributed by atoms with Crippen LogP contribution in [0, 0.1) is 11.6 Å². The van der Waals surface area contributed by atoms with E-state index in [0.717, 1.165) is 24.3 Å². The third kappa shape index (κ3) is 6.81. The number of nitrogens with one attached hydrogen (secondary N) is 2. The van der Waals surface area contributed by atoms with E-state index in [0.29, 0.717) is 55.7 Å². The van der Waals surface area contributed by atoms with E-state index in [2.05, 4.69) is 15.5 Å². The van der Waals surface area contributed by atoms with Crippen LogP contribution < -0.4 is 10.6 Å². The highest BCUT2D eigenvalue weighted by Crippen LogP contribution is 2.42. The molecule has 1 saturated carbocycles. The molecule has 5 rings (SSSR count). The predicted molar refractivity (Wildman–Crippen MR) is 151 cm³/mol. The van der Waals surface area contributed by atoms with Gasteiger partial charge in [-0.3, -0.25) is 4.90 Å². The van der Waals surface area contributed by atoms with Gasteiger partial charge in [0.1, 0.15) is 6.04 Å². The van der Waals surface area contributed by atoms with E-state index in [1.165, 1.54) is 13.2 Å². The second-order valence-electron chi connectivity index (χ2n) is 11.5. The van der Waals surface area contributed by atoms with Crippen LogP contribution in [-0.4, -0.2) is 71.8 Å². The lowest BCUT2D eigenvalue weighted by atomic mass is 9.79. The van der Waals surface area contributed by atoms with Crippen molar-refractivity contribution in [1.82, 2.24) is 20.4 Å². The fourth-order valence-electron chi connectivity index (χ4n) is 6.72. The molecule has 2 heterocycles. The van der Waals surface area contributed by atoms with Crippen molar-refractivity contribution >= 4 is 18.0 Å². The van der Waals surface area contributed by atoms with Crippen molar-refractivity contribution in [2.45, 2.75) is 62.3 Å². The van der Waals surface area contributed by atoms with Crippen molar-refractivity contribution in [3.05, 3.63) is 82.1 Å². The Morgan fingerprint density at radius 1 is 1.04 bits per heavy atom. The van der Waals surface area contributed by atoms with Gasteiger partial charge in [-0.2, -0.15) is 13.2 Å². The number of nitrogens with zero attached hydrogens (tertiary/aromatic N) is 2. The van der Waals surface area contributed by atoms with E-state index in [4.69, 9.17) is 4.74 Å². The maximum atomic E-state index is 14.2. The van der Waals surface area contributed by atoms with Gasteiger partial charge in [-0.1, -0.05) is 24.3 Å². The van der Waals surface area contributed by atoms with Crippen LogP contribution in [-0.2, 0) is 15.7 Å². The standard InChI is InChI=1S/C31H33F5N4O5/c1-45-16-25-26(28(41)42)27(18-8-11-23(32)24(33)14-18)40(30(44)38-25)29(43)37-19-12-13-39(15-19)20-9-6-17(7-10-20)21-4-2-3-5-22(21)31(34,35)36/h2-5,8,11,14,17,19-20,27H,6-7,9-10,12-13,15-16H2,1H3,(H,37,43)(H,38,44)(H,41,42)/t17?,19-,20?,27+/m1/s1. The van der Waals surface area contributed by atoms with Gasteiger partial charge in [-0.25, -0.2) is 28.1 Å². The van der Waals surface area contributed by atoms with Crippen LogP contribution in [0.3, 0.4) is 0 Å². The number of carbonyl (C=O) groups excluding carboxylic acids is 2. The van der Waals surface area contributed by atoms with Gasteiger partial charge in [0, 0.05) is 32.3 Å². The van der Waals surface area contributed by atoms with E-state index >= 15 is 0 Å². The van der Waals surface area contributed by atoms with E-state index in [-0.39, 0.29) is 29.8 Å². The zero-order chi connectivity index (χ0) is 32.5. The molecule has 0 aromatic heterocycles. The second-order valence-corrected chi connectivity index (χ2v) is 11.5. The molecule has 2 aliphatic heterocycles. The number of urea groups is 2. The smallest absolute Gasteiger partial charge is 0.416 e. The third-order valence-electron chi connectivity index (χ3n) is 8.80. The average molecular weight is 637 g/mol. The molecule has 4 amide bonds. The summed E-state index contributed by atoms with van der Waals surface area (Å²) in [6.07, 6.45) is -1.37. The minimum Gasteiger partial charge on any atom is -0.478 e. The number of rotatable bonds is 7. The maximum Gasteiger partial charge on any atom is 0.416 e. The number of benzene rings is 2. The third-order valence-corrected chi connectivity index (χ3v) is 8.80. The van der Waals surface area contributed by atoms with Crippen molar-refractivity contribution in [2.24, 2.45) is 0 Å². The number of ether oxygens (including phenoxy) is 1. The first kappa shape index (κ1) is 32.4. The number of hydrogen-bond donors (Lipinski definition) is 3. The number of hydrogen-bond acceptors (Lipinski definition) is 5. The lowest BCUT2D eigenvalue weighted by molar-refractivity contribution is -0.138. The van der Waals surface area contributed by atoms with Gasteiger partial charge in [-0.05, 0) is 67.3 Å². The zero-order valence-corrected chi connectivity index (χ0v) is 24.4. The second kappa shape index (κ2) is 13.1. The Hall–Kier alpha value is -4.04. The van der Waals surface area contributed by atoms with Crippen LogP contribution in [0.25, 0.3) is 0 Å². The molecule has 3 N–H and O–H groups in total. The Morgan fingerprint density at radius 3 is 2.40 bits per heavy atom. The fraction of sp³-hybridized carbons (Fsp3) is 0.452. The van der Waals surface area contributed by atoms with Gasteiger partial charge < -0.3 is 20.5 Å². The molecule has 3 aliphatic rings. The quantitative estimate of drug-likeness (QED) is 0.344. The molecular formula is C31H33F5N4O5. The monoisotopic (exact) mass is 636 g/mol. The fourth-order valence-corrected chi connectivity index (χ4v) is 6.72. The highest BCUT2D eigenvalue weighted by Gasteiger charge is 2.44. The number of alkyl halides is 3. The molecule has 0 bridgehead atoms. The summed E-state index contributed by atoms with van der Waals surface area (Å²) in [6.45, 7) is 0.711. The van der Waals surface area contributed by atoms with Gasteiger partial charge >= 0.3 is 24.2 Å². The van der Waals surface area contributed by atoms with E-state index in [1.54, 1.807) is 12.1 Å². The first-order valence-electron chi connectivity index (χ1n) is 14.6. The summed E-state index contributed by atoms with van der Waals surface area (Å²) < 4.78 is 73.7. The molecule has 45 heavy (non-hydrogen) atoms. The van der Waals surface area contributed by atoms with Crippen molar-refractivity contribution in [3.63, 3.8) is 0 Å². The van der Waals surface area contributed by atoms with Gasteiger partial charge in [0.05, 0.1) is 23.4 Å². The SMILES string of the molecule is COCC1=C(C(=O)O)[C@H](c2ccc(F)c(F)c2)N(C(=O)N[C@@H]2CCN(C3CCC(c4ccccc4C(F)(F)F)CC3)C2)C(=O)N1. The average Bonchev–Trinajstić information content (AvgIpc) is 3.46. The van der Waals surface area contributed by atoms with Crippen molar-refractivity contribution in [1.29, 1.82) is 0 Å². The highest BCUT2D eigenvalue weighted by molar-refractivity contribution is 6.01. The van der Waals surface area contributed by atoms with E-state index < -0.39 is 59.1 Å². The molecule has 1 aliphatic carbocycles. The zero-order valence-electron chi connectivity index (χ0n) is 24.4. The summed E-state index contributed by atoms with van der Waals surface area (Å²) >= 11 is 0. The first-order chi connectivity index (χ1) is 21.4. The Labute approximate surface area is 256 Å². The van der Waals surface area contributed by atoms with E-state index in [1.807, 2.05) is 0 Å². The van der Waals surface area contributed by atoms with Crippen LogP contribution in [0.15, 0.2) is 53.7 Å². The Bertz CT molecular complexity index is 1490. The number of amides is 4. The van der Waals surface area contributed by atoms with Crippen molar-refractivity contribution < 1.29 is 46.2 Å². The summed E-state index contributed by atoms with van der Waals surface area (Å²) in [5.41, 5.74) is -0.976. The van der Waals surface area contributed by atoms with Crippen LogP contribution in [0.5, 0.6) is 0 Å². The molecule has 2 aromatic carbocycles. The minimum atomic E-state index is -4.42. The van der Waals surface area contributed by atoms with Gasteiger partial charge in [0.25, 0.3) is 0 Å². The number of halogens is 5. The number of aliphatic carboxylic acids is 1. The van der Waals surface area contributed by atoms with E-state index in [9.17, 15) is 41.4 Å². The molecule has 1 saturated heterocycles. The largest absolute Gasteiger partial charge is 0.478 e. The number of methoxy groups -OCH3 is 1. The van der Waals surface area contributed by atoms with Crippen LogP contribution in [0.4, 0.5) is 31.5 Å². The first-order valence-corrected chi connectivity index (χ1v) is 14.6. The number of imide groups is 1. The van der Waals surface area contributed by atoms with Crippen molar-refractivity contribution in [2.75, 3.05) is 26.8 Å². The maximum absolute atomic E-state index is 14.2. The van der Waals surface area contributed by atoms with Crippen LogP contribution in [0.2, 0.25) is 0 Å². The summed E-state index contributed by atoms with van der Waals surface area (Å²) in [5, 5.41) is 15.2. The predicted octanol–water partition coefficient (Wildman–Crippen LogP) is 5.55. The lowest BCUT2D eigenvalue weighted by Crippen LogP contribution is -2.56. The summed E-state index contributed by atoms with van der Waals surface area (Å²) in [4.78, 5) is 41.9. The Balaban J connectivity index is 1.28. The number of carboxylic acids is 1. The number of likely N-dealkylation sites (tertiary alicyclic amines) is 1. The molecule has 2 atom stereocenters. The molecule has 2 aromatic rings. The molecule has 242 valence electrons. The van der Waals surface area contributed by atoms with Crippen molar-refractivity contribution in [3.8, 4) is 0 Å². The molecule has 14 heteroatoms. The highest BCUT2D eigenvalue weighted by atomic mass is 19.4. The van der Waals surface area contributed by atoms with Crippen LogP contribution in [0.1, 0.15) is 60.8 Å². The Kier molecular flexibility index (Phi) is 9.44. The molecule has 0 radical (unpaired) electrons.